The zero-order valence-electron chi connectivity index (χ0n) is 10.4. The zero-order valence-corrected chi connectivity index (χ0v) is 10.4. The Hall–Kier alpha value is -0.860. The van der Waals surface area contributed by atoms with Crippen LogP contribution in [0.4, 0.5) is 0 Å². The van der Waals surface area contributed by atoms with Gasteiger partial charge in [0.15, 0.2) is 0 Å². The van der Waals surface area contributed by atoms with Gasteiger partial charge >= 0.3 is 0 Å². The van der Waals surface area contributed by atoms with Gasteiger partial charge in [0.2, 0.25) is 0 Å². The van der Waals surface area contributed by atoms with Crippen LogP contribution in [0.5, 0.6) is 0 Å². The maximum Gasteiger partial charge on any atom is 0.0589 e. The van der Waals surface area contributed by atoms with Crippen LogP contribution in [-0.2, 0) is 0 Å². The van der Waals surface area contributed by atoms with Crippen LogP contribution in [0.25, 0.3) is 0 Å². The molecule has 92 valence electrons. The highest BCUT2D eigenvalue weighted by Gasteiger charge is 2.47. The molecule has 1 aliphatic heterocycles. The number of rotatable bonds is 3. The summed E-state index contributed by atoms with van der Waals surface area (Å²) in [7, 11) is 0. The molecule has 1 aromatic carbocycles. The molecule has 1 saturated carbocycles. The number of fused-ring (bicyclic) bond motifs is 2. The predicted octanol–water partition coefficient (Wildman–Crippen LogP) is 2.59. The molecule has 3 rings (SSSR count). The third kappa shape index (κ3) is 1.80. The Morgan fingerprint density at radius 2 is 2.06 bits per heavy atom. The molecule has 2 heteroatoms. The number of piperidine rings is 1. The summed E-state index contributed by atoms with van der Waals surface area (Å²) < 4.78 is 0. The van der Waals surface area contributed by atoms with E-state index in [1.54, 1.807) is 0 Å². The third-order valence-corrected chi connectivity index (χ3v) is 4.71. The van der Waals surface area contributed by atoms with Crippen LogP contribution >= 0.6 is 0 Å². The second-order valence-electron chi connectivity index (χ2n) is 5.51. The molecule has 2 aliphatic rings. The lowest BCUT2D eigenvalue weighted by Gasteiger charge is -2.39. The highest BCUT2D eigenvalue weighted by molar-refractivity contribution is 5.20. The molecular weight excluding hydrogens is 210 g/mol. The van der Waals surface area contributed by atoms with E-state index in [9.17, 15) is 5.11 Å². The lowest BCUT2D eigenvalue weighted by molar-refractivity contribution is 0.0525. The Kier molecular flexibility index (Phi) is 2.93. The minimum Gasteiger partial charge on any atom is -0.395 e. The molecule has 1 aliphatic carbocycles. The zero-order chi connectivity index (χ0) is 11.8. The standard InChI is InChI=1S/C15H21NO/c1-11(12-5-3-2-4-6-12)16-14-8-7-13(9-14)15(16)10-17/h2-6,11,13-15,17H,7-10H2,1H3/t11-,13-,14-,15-/m0/s1. The van der Waals surface area contributed by atoms with Gasteiger partial charge in [-0.1, -0.05) is 30.3 Å². The molecule has 0 unspecified atom stereocenters. The summed E-state index contributed by atoms with van der Waals surface area (Å²) in [6, 6.07) is 12.2. The quantitative estimate of drug-likeness (QED) is 0.864. The van der Waals surface area contributed by atoms with Crippen LogP contribution in [0.15, 0.2) is 30.3 Å². The Morgan fingerprint density at radius 1 is 1.29 bits per heavy atom. The Bertz CT molecular complexity index is 378. The number of hydrogen-bond acceptors (Lipinski definition) is 2. The van der Waals surface area contributed by atoms with E-state index in [1.165, 1.54) is 24.8 Å². The largest absolute Gasteiger partial charge is 0.395 e. The van der Waals surface area contributed by atoms with Crippen molar-refractivity contribution >= 4 is 0 Å². The van der Waals surface area contributed by atoms with Crippen molar-refractivity contribution in [2.75, 3.05) is 6.61 Å². The fourth-order valence-corrected chi connectivity index (χ4v) is 3.88. The molecule has 4 atom stereocenters. The molecule has 0 aromatic heterocycles. The minimum absolute atomic E-state index is 0.318. The van der Waals surface area contributed by atoms with Crippen molar-refractivity contribution in [2.24, 2.45) is 5.92 Å². The normalized spacial score (nSPS) is 34.1. The van der Waals surface area contributed by atoms with Gasteiger partial charge in [0.05, 0.1) is 6.61 Å². The average Bonchev–Trinajstić information content (AvgIpc) is 2.98. The van der Waals surface area contributed by atoms with Gasteiger partial charge in [-0.05, 0) is 37.7 Å². The summed E-state index contributed by atoms with van der Waals surface area (Å²) in [5.74, 6) is 0.733. The topological polar surface area (TPSA) is 23.5 Å². The first-order valence-corrected chi connectivity index (χ1v) is 6.74. The third-order valence-electron chi connectivity index (χ3n) is 4.71. The maximum absolute atomic E-state index is 9.61. The molecule has 0 radical (unpaired) electrons. The second kappa shape index (κ2) is 4.43. The smallest absolute Gasteiger partial charge is 0.0589 e. The van der Waals surface area contributed by atoms with Gasteiger partial charge in [-0.15, -0.1) is 0 Å². The summed E-state index contributed by atoms with van der Waals surface area (Å²) in [6.07, 6.45) is 3.93. The predicted molar refractivity (Wildman–Crippen MR) is 68.7 cm³/mol. The molecule has 2 nitrogen and oxygen atoms in total. The number of aliphatic hydroxyl groups is 1. The summed E-state index contributed by atoms with van der Waals surface area (Å²) in [6.45, 7) is 2.59. The molecule has 17 heavy (non-hydrogen) atoms. The average molecular weight is 231 g/mol. The molecule has 2 bridgehead atoms. The van der Waals surface area contributed by atoms with E-state index in [4.69, 9.17) is 0 Å². The van der Waals surface area contributed by atoms with Crippen LogP contribution < -0.4 is 0 Å². The molecule has 1 heterocycles. The molecule has 1 aromatic rings. The molecule has 2 fully saturated rings. The van der Waals surface area contributed by atoms with Crippen molar-refractivity contribution in [3.05, 3.63) is 35.9 Å². The van der Waals surface area contributed by atoms with E-state index < -0.39 is 0 Å². The number of likely N-dealkylation sites (tertiary alicyclic amines) is 1. The van der Waals surface area contributed by atoms with Gasteiger partial charge < -0.3 is 5.11 Å². The fraction of sp³-hybridized carbons (Fsp3) is 0.600. The highest BCUT2D eigenvalue weighted by Crippen LogP contribution is 2.46. The lowest BCUT2D eigenvalue weighted by Crippen LogP contribution is -2.44. The first-order valence-electron chi connectivity index (χ1n) is 6.74. The monoisotopic (exact) mass is 231 g/mol. The Labute approximate surface area is 103 Å². The number of hydrogen-bond donors (Lipinski definition) is 1. The van der Waals surface area contributed by atoms with E-state index in [1.807, 2.05) is 0 Å². The molecular formula is C15H21NO. The van der Waals surface area contributed by atoms with Crippen LogP contribution in [0, 0.1) is 5.92 Å². The van der Waals surface area contributed by atoms with Crippen molar-refractivity contribution in [2.45, 2.75) is 44.3 Å². The second-order valence-corrected chi connectivity index (χ2v) is 5.51. The summed E-state index contributed by atoms with van der Waals surface area (Å²) in [5, 5.41) is 9.61. The van der Waals surface area contributed by atoms with Gasteiger partial charge in [-0.25, -0.2) is 0 Å². The Morgan fingerprint density at radius 3 is 2.76 bits per heavy atom. The number of nitrogens with zero attached hydrogens (tertiary/aromatic N) is 1. The van der Waals surface area contributed by atoms with Crippen LogP contribution in [0.3, 0.4) is 0 Å². The van der Waals surface area contributed by atoms with Gasteiger partial charge in [0.25, 0.3) is 0 Å². The summed E-state index contributed by atoms with van der Waals surface area (Å²) >= 11 is 0. The highest BCUT2D eigenvalue weighted by atomic mass is 16.3. The van der Waals surface area contributed by atoms with Crippen molar-refractivity contribution in [3.63, 3.8) is 0 Å². The summed E-state index contributed by atoms with van der Waals surface area (Å²) in [4.78, 5) is 2.56. The molecule has 0 spiro atoms. The molecule has 1 N–H and O–H groups in total. The maximum atomic E-state index is 9.61. The SMILES string of the molecule is C[C@@H](c1ccccc1)N1[C@H]2CC[C@@H](C2)[C@@H]1CO. The van der Waals surface area contributed by atoms with Crippen molar-refractivity contribution in [3.8, 4) is 0 Å². The van der Waals surface area contributed by atoms with Crippen LogP contribution in [0.1, 0.15) is 37.8 Å². The van der Waals surface area contributed by atoms with E-state index >= 15 is 0 Å². The van der Waals surface area contributed by atoms with Gasteiger partial charge in [0, 0.05) is 18.1 Å². The molecule has 0 amide bonds. The minimum atomic E-state index is 0.318. The fourth-order valence-electron chi connectivity index (χ4n) is 3.88. The van der Waals surface area contributed by atoms with Gasteiger partial charge in [-0.3, -0.25) is 4.90 Å². The van der Waals surface area contributed by atoms with Crippen LogP contribution in [-0.4, -0.2) is 28.7 Å². The van der Waals surface area contributed by atoms with Crippen molar-refractivity contribution in [1.82, 2.24) is 4.90 Å². The van der Waals surface area contributed by atoms with Crippen molar-refractivity contribution in [1.29, 1.82) is 0 Å². The van der Waals surface area contributed by atoms with E-state index in [0.29, 0.717) is 24.7 Å². The Balaban J connectivity index is 1.84. The van der Waals surface area contributed by atoms with E-state index in [2.05, 4.69) is 42.2 Å². The number of aliphatic hydroxyl groups excluding tert-OH is 1. The van der Waals surface area contributed by atoms with Gasteiger partial charge in [-0.2, -0.15) is 0 Å². The summed E-state index contributed by atoms with van der Waals surface area (Å²) in [5.41, 5.74) is 1.37. The number of benzene rings is 1. The first kappa shape index (κ1) is 11.2. The lowest BCUT2D eigenvalue weighted by atomic mass is 9.96. The van der Waals surface area contributed by atoms with Gasteiger partial charge in [0.1, 0.15) is 0 Å². The van der Waals surface area contributed by atoms with E-state index in [-0.39, 0.29) is 0 Å². The first-order chi connectivity index (χ1) is 8.31. The van der Waals surface area contributed by atoms with E-state index in [0.717, 1.165) is 5.92 Å². The molecule has 1 saturated heterocycles. The van der Waals surface area contributed by atoms with Crippen LogP contribution in [0.2, 0.25) is 0 Å². The van der Waals surface area contributed by atoms with Crippen molar-refractivity contribution < 1.29 is 5.11 Å².